The van der Waals surface area contributed by atoms with Crippen LogP contribution >= 0.6 is 0 Å². The summed E-state index contributed by atoms with van der Waals surface area (Å²) in [6, 6.07) is 8.24. The maximum atomic E-state index is 4.58. The Morgan fingerprint density at radius 3 is 2.93 bits per heavy atom. The second kappa shape index (κ2) is 2.88. The molecule has 0 amide bonds. The Morgan fingerprint density at radius 1 is 1.14 bits per heavy atom. The van der Waals surface area contributed by atoms with Crippen molar-refractivity contribution in [2.45, 2.75) is 0 Å². The van der Waals surface area contributed by atoms with Gasteiger partial charge in [-0.1, -0.05) is 0 Å². The van der Waals surface area contributed by atoms with Crippen molar-refractivity contribution in [3.05, 3.63) is 48.1 Å². The number of nitrogens with zero attached hydrogens (tertiary/aromatic N) is 1. The minimum atomic E-state index is 1.07. The van der Waals surface area contributed by atoms with E-state index in [1.165, 1.54) is 11.1 Å². The summed E-state index contributed by atoms with van der Waals surface area (Å²) in [6.07, 6.45) is 6.22. The molecule has 1 heterocycles. The van der Waals surface area contributed by atoms with Crippen molar-refractivity contribution in [1.29, 1.82) is 0 Å². The van der Waals surface area contributed by atoms with Crippen LogP contribution in [0.2, 0.25) is 0 Å². The zero-order chi connectivity index (χ0) is 9.54. The third-order valence-corrected chi connectivity index (χ3v) is 3.12. The van der Waals surface area contributed by atoms with E-state index in [1.807, 2.05) is 12.1 Å². The molecule has 0 saturated heterocycles. The van der Waals surface area contributed by atoms with E-state index in [9.17, 15) is 0 Å². The van der Waals surface area contributed by atoms with E-state index < -0.39 is 0 Å². The van der Waals surface area contributed by atoms with Crippen LogP contribution in [0.4, 0.5) is 5.69 Å². The van der Waals surface area contributed by atoms with Crippen LogP contribution in [0.25, 0.3) is 5.57 Å². The first kappa shape index (κ1) is 8.10. The summed E-state index contributed by atoms with van der Waals surface area (Å²) in [4.78, 5) is 4.58. The quantitative estimate of drug-likeness (QED) is 0.619. The number of allylic oxidation sites excluding steroid dienone is 4. The van der Waals surface area contributed by atoms with Crippen LogP contribution < -0.4 is 0 Å². The molecule has 1 nitrogen and oxygen atoms in total. The van der Waals surface area contributed by atoms with Crippen molar-refractivity contribution in [1.82, 2.24) is 0 Å². The fourth-order valence-corrected chi connectivity index (χ4v) is 2.27. The van der Waals surface area contributed by atoms with Gasteiger partial charge in [-0.2, -0.15) is 0 Å². The molecule has 0 unspecified atom stereocenters. The van der Waals surface area contributed by atoms with Gasteiger partial charge in [-0.05, 0) is 0 Å². The second-order valence-corrected chi connectivity index (χ2v) is 4.20. The molecular formula is C12H7NSe. The summed E-state index contributed by atoms with van der Waals surface area (Å²) in [7, 11) is 0. The molecule has 1 aliphatic heterocycles. The van der Waals surface area contributed by atoms with Gasteiger partial charge in [0, 0.05) is 0 Å². The molecule has 0 aromatic heterocycles. The molecule has 0 atom stereocenters. The van der Waals surface area contributed by atoms with Crippen LogP contribution in [0.1, 0.15) is 5.56 Å². The first-order chi connectivity index (χ1) is 6.86. The third-order valence-electron chi connectivity index (χ3n) is 2.43. The van der Waals surface area contributed by atoms with E-state index in [1.54, 1.807) is 0 Å². The average molecular weight is 244 g/mol. The number of fused-ring (bicyclic) bond motifs is 3. The zero-order valence-corrected chi connectivity index (χ0v) is 9.11. The van der Waals surface area contributed by atoms with Crippen LogP contribution in [0.3, 0.4) is 0 Å². The number of rotatable bonds is 0. The van der Waals surface area contributed by atoms with E-state index in [0.29, 0.717) is 0 Å². The van der Waals surface area contributed by atoms with Gasteiger partial charge in [-0.3, -0.25) is 0 Å². The first-order valence-corrected chi connectivity index (χ1v) is 5.33. The molecule has 2 aliphatic rings. The molecule has 1 aliphatic carbocycles. The molecule has 66 valence electrons. The number of para-hydroxylation sites is 1. The second-order valence-electron chi connectivity index (χ2n) is 3.28. The van der Waals surface area contributed by atoms with Crippen LogP contribution in [0.5, 0.6) is 0 Å². The fraction of sp³-hybridized carbons (Fsp3) is 0. The summed E-state index contributed by atoms with van der Waals surface area (Å²) >= 11 is 3.04. The number of benzene rings is 1. The van der Waals surface area contributed by atoms with E-state index in [-0.39, 0.29) is 0 Å². The van der Waals surface area contributed by atoms with Gasteiger partial charge in [0.15, 0.2) is 0 Å². The molecule has 0 radical (unpaired) electrons. The monoisotopic (exact) mass is 245 g/mol. The van der Waals surface area contributed by atoms with Crippen molar-refractivity contribution in [2.75, 3.05) is 0 Å². The molecule has 0 fully saturated rings. The Hall–Kier alpha value is -1.24. The molecule has 0 bridgehead atoms. The van der Waals surface area contributed by atoms with Gasteiger partial charge in [0.2, 0.25) is 0 Å². The Bertz CT molecular complexity index is 521. The summed E-state index contributed by atoms with van der Waals surface area (Å²) in [5.41, 5.74) is 4.62. The minimum absolute atomic E-state index is 1.07. The van der Waals surface area contributed by atoms with Gasteiger partial charge < -0.3 is 0 Å². The van der Waals surface area contributed by atoms with Gasteiger partial charge in [0.05, 0.1) is 0 Å². The zero-order valence-electron chi connectivity index (χ0n) is 7.40. The van der Waals surface area contributed by atoms with Crippen molar-refractivity contribution in [3.63, 3.8) is 0 Å². The van der Waals surface area contributed by atoms with E-state index >= 15 is 0 Å². The number of hydrogen-bond acceptors (Lipinski definition) is 1. The van der Waals surface area contributed by atoms with Gasteiger partial charge in [0.25, 0.3) is 0 Å². The maximum absolute atomic E-state index is 4.58. The Labute approximate surface area is 90.2 Å². The predicted octanol–water partition coefficient (Wildman–Crippen LogP) is 2.07. The van der Waals surface area contributed by atoms with Crippen LogP contribution in [0, 0.1) is 0 Å². The Balaban J connectivity index is 2.29. The summed E-state index contributed by atoms with van der Waals surface area (Å²) < 4.78 is 1.12. The molecular weight excluding hydrogens is 237 g/mol. The van der Waals surface area contributed by atoms with Gasteiger partial charge >= 0.3 is 90.0 Å². The van der Waals surface area contributed by atoms with Crippen molar-refractivity contribution < 1.29 is 0 Å². The SMILES string of the molecule is [Se]=C1C=CC=C2C1=Nc1ccccc12. The summed E-state index contributed by atoms with van der Waals surface area (Å²) in [6.45, 7) is 0. The molecule has 0 N–H and O–H groups in total. The normalized spacial score (nSPS) is 17.3. The van der Waals surface area contributed by atoms with Gasteiger partial charge in [-0.15, -0.1) is 0 Å². The molecule has 2 heteroatoms. The molecule has 1 aromatic rings. The van der Waals surface area contributed by atoms with Crippen LogP contribution in [-0.2, 0) is 0 Å². The van der Waals surface area contributed by atoms with Gasteiger partial charge in [-0.25, -0.2) is 0 Å². The summed E-state index contributed by atoms with van der Waals surface area (Å²) in [5, 5.41) is 0. The first-order valence-electron chi connectivity index (χ1n) is 4.47. The number of aliphatic imine (C=N–C) groups is 1. The van der Waals surface area contributed by atoms with E-state index in [2.05, 4.69) is 50.9 Å². The molecule has 3 rings (SSSR count). The third kappa shape index (κ3) is 1.02. The Morgan fingerprint density at radius 2 is 2.00 bits per heavy atom. The fourth-order valence-electron chi connectivity index (χ4n) is 1.77. The van der Waals surface area contributed by atoms with Crippen molar-refractivity contribution >= 4 is 37.0 Å². The Kier molecular flexibility index (Phi) is 1.66. The van der Waals surface area contributed by atoms with Crippen LogP contribution in [-0.4, -0.2) is 25.7 Å². The number of hydrogen-bond donors (Lipinski definition) is 0. The van der Waals surface area contributed by atoms with E-state index in [4.69, 9.17) is 0 Å². The summed E-state index contributed by atoms with van der Waals surface area (Å²) in [5.74, 6) is 0. The van der Waals surface area contributed by atoms with Crippen molar-refractivity contribution in [2.24, 2.45) is 4.99 Å². The standard InChI is InChI=1S/C12H7NSe/c14-11-7-3-5-9-8-4-1-2-6-10(8)13-12(9)11/h1-7H. The van der Waals surface area contributed by atoms with Crippen molar-refractivity contribution in [3.8, 4) is 0 Å². The average Bonchev–Trinajstić information content (AvgIpc) is 2.59. The molecule has 0 spiro atoms. The predicted molar refractivity (Wildman–Crippen MR) is 61.4 cm³/mol. The van der Waals surface area contributed by atoms with Gasteiger partial charge in [0.1, 0.15) is 0 Å². The van der Waals surface area contributed by atoms with E-state index in [0.717, 1.165) is 15.8 Å². The molecule has 14 heavy (non-hydrogen) atoms. The molecule has 0 saturated carbocycles. The van der Waals surface area contributed by atoms with Crippen LogP contribution in [0.15, 0.2) is 47.5 Å². The topological polar surface area (TPSA) is 12.4 Å². The molecule has 1 aromatic carbocycles.